The van der Waals surface area contributed by atoms with Gasteiger partial charge in [0.25, 0.3) is 0 Å². The van der Waals surface area contributed by atoms with Gasteiger partial charge in [-0.25, -0.2) is 4.39 Å². The van der Waals surface area contributed by atoms with E-state index in [1.165, 1.54) is 25.0 Å². The van der Waals surface area contributed by atoms with Crippen molar-refractivity contribution in [3.8, 4) is 6.07 Å². The van der Waals surface area contributed by atoms with Gasteiger partial charge in [0.05, 0.1) is 18.2 Å². The third kappa shape index (κ3) is 4.03. The minimum absolute atomic E-state index is 0.0118. The minimum Gasteiger partial charge on any atom is -0.330 e. The number of carbonyl (C=O) groups is 2. The molecular weight excluding hydrogens is 419 g/mol. The SMILES string of the molecule is C[C@@H](CN1C[C@H]2C[C@@H]1C(=O)N2[C@H](c1ccc(F)cc1)C1CCCC1)C(=O)N1CCC[C@H]1C#N. The lowest BCUT2D eigenvalue weighted by Gasteiger charge is -2.42. The number of halogens is 1. The van der Waals surface area contributed by atoms with Crippen LogP contribution in [0.5, 0.6) is 0 Å². The second-order valence-corrected chi connectivity index (χ2v) is 10.4. The molecule has 4 aliphatic rings. The topological polar surface area (TPSA) is 67.7 Å². The van der Waals surface area contributed by atoms with E-state index in [0.29, 0.717) is 19.0 Å². The molecule has 4 fully saturated rings. The van der Waals surface area contributed by atoms with Crippen molar-refractivity contribution in [2.24, 2.45) is 11.8 Å². The molecule has 0 N–H and O–H groups in total. The number of nitrogens with zero attached hydrogens (tertiary/aromatic N) is 4. The number of fused-ring (bicyclic) bond motifs is 2. The number of hydrogen-bond acceptors (Lipinski definition) is 4. The lowest BCUT2D eigenvalue weighted by Crippen LogP contribution is -2.54. The van der Waals surface area contributed by atoms with Gasteiger partial charge in [-0.05, 0) is 55.7 Å². The lowest BCUT2D eigenvalue weighted by atomic mass is 9.89. The largest absolute Gasteiger partial charge is 0.330 e. The molecule has 176 valence electrons. The third-order valence-corrected chi connectivity index (χ3v) is 8.29. The first-order valence-electron chi connectivity index (χ1n) is 12.5. The number of nitriles is 1. The van der Waals surface area contributed by atoms with Crippen LogP contribution in [-0.4, -0.2) is 64.3 Å². The minimum atomic E-state index is -0.310. The first-order chi connectivity index (χ1) is 16.0. The summed E-state index contributed by atoms with van der Waals surface area (Å²) in [5.74, 6) is 0.122. The predicted octanol–water partition coefficient (Wildman–Crippen LogP) is 3.49. The zero-order chi connectivity index (χ0) is 23.1. The molecule has 0 unspecified atom stereocenters. The van der Waals surface area contributed by atoms with Gasteiger partial charge in [-0.1, -0.05) is 31.9 Å². The maximum absolute atomic E-state index is 13.6. The van der Waals surface area contributed by atoms with E-state index in [2.05, 4.69) is 15.9 Å². The van der Waals surface area contributed by atoms with Gasteiger partial charge in [0.2, 0.25) is 11.8 Å². The number of amides is 2. The molecule has 1 aromatic carbocycles. The van der Waals surface area contributed by atoms with Crippen molar-refractivity contribution in [1.29, 1.82) is 5.26 Å². The van der Waals surface area contributed by atoms with Crippen molar-refractivity contribution in [2.45, 2.75) is 76.0 Å². The first kappa shape index (κ1) is 22.3. The highest BCUT2D eigenvalue weighted by molar-refractivity contribution is 5.86. The Kier molecular flexibility index (Phi) is 6.13. The molecule has 0 spiro atoms. The van der Waals surface area contributed by atoms with Crippen LogP contribution in [0.15, 0.2) is 24.3 Å². The molecule has 3 saturated heterocycles. The van der Waals surface area contributed by atoms with Crippen LogP contribution in [0.25, 0.3) is 0 Å². The Morgan fingerprint density at radius 2 is 1.91 bits per heavy atom. The first-order valence-corrected chi connectivity index (χ1v) is 12.5. The molecule has 3 heterocycles. The van der Waals surface area contributed by atoms with E-state index in [9.17, 15) is 19.2 Å². The van der Waals surface area contributed by atoms with Gasteiger partial charge in [-0.2, -0.15) is 5.26 Å². The van der Waals surface area contributed by atoms with Crippen LogP contribution in [0.3, 0.4) is 0 Å². The molecule has 2 amide bonds. The van der Waals surface area contributed by atoms with Gasteiger partial charge in [-0.15, -0.1) is 0 Å². The van der Waals surface area contributed by atoms with E-state index in [0.717, 1.165) is 44.2 Å². The Morgan fingerprint density at radius 3 is 2.58 bits per heavy atom. The molecule has 5 atom stereocenters. The standard InChI is InChI=1S/C26H33FN4O2/c1-17(25(32)30-12-4-7-21(30)14-28)15-29-16-22-13-23(29)26(33)31(22)24(18-5-2-3-6-18)19-8-10-20(27)11-9-19/h8-11,17-18,21-24H,2-7,12-13,15-16H2,1H3/t17-,21-,22+,23+,24-/m0/s1. The van der Waals surface area contributed by atoms with Crippen molar-refractivity contribution in [2.75, 3.05) is 19.6 Å². The second-order valence-electron chi connectivity index (χ2n) is 10.4. The zero-order valence-electron chi connectivity index (χ0n) is 19.3. The Bertz CT molecular complexity index is 939. The fraction of sp³-hybridized carbons (Fsp3) is 0.654. The van der Waals surface area contributed by atoms with Crippen molar-refractivity contribution in [3.63, 3.8) is 0 Å². The van der Waals surface area contributed by atoms with Gasteiger partial charge in [-0.3, -0.25) is 14.5 Å². The van der Waals surface area contributed by atoms with Crippen molar-refractivity contribution >= 4 is 11.8 Å². The molecule has 7 heteroatoms. The fourth-order valence-corrected chi connectivity index (χ4v) is 6.73. The average Bonchev–Trinajstić information content (AvgIpc) is 3.60. The van der Waals surface area contributed by atoms with Crippen molar-refractivity contribution in [1.82, 2.24) is 14.7 Å². The Labute approximate surface area is 195 Å². The third-order valence-electron chi connectivity index (χ3n) is 8.29. The number of rotatable bonds is 6. The van der Waals surface area contributed by atoms with Gasteiger partial charge < -0.3 is 9.80 Å². The van der Waals surface area contributed by atoms with Crippen LogP contribution in [-0.2, 0) is 9.59 Å². The molecule has 6 nitrogen and oxygen atoms in total. The summed E-state index contributed by atoms with van der Waals surface area (Å²) in [6, 6.07) is 8.60. The summed E-state index contributed by atoms with van der Waals surface area (Å²) in [7, 11) is 0. The Morgan fingerprint density at radius 1 is 1.18 bits per heavy atom. The summed E-state index contributed by atoms with van der Waals surface area (Å²) >= 11 is 0. The summed E-state index contributed by atoms with van der Waals surface area (Å²) in [6.45, 7) is 3.91. The van der Waals surface area contributed by atoms with Gasteiger partial charge >= 0.3 is 0 Å². The molecule has 0 aromatic heterocycles. The fourth-order valence-electron chi connectivity index (χ4n) is 6.73. The molecule has 1 saturated carbocycles. The van der Waals surface area contributed by atoms with Gasteiger partial charge in [0.1, 0.15) is 11.9 Å². The molecule has 3 aliphatic heterocycles. The summed E-state index contributed by atoms with van der Waals surface area (Å²) in [5.41, 5.74) is 1.04. The summed E-state index contributed by atoms with van der Waals surface area (Å²) in [6.07, 6.45) is 7.01. The van der Waals surface area contributed by atoms with Crippen LogP contribution in [0, 0.1) is 29.0 Å². The molecule has 2 bridgehead atoms. The monoisotopic (exact) mass is 452 g/mol. The van der Waals surface area contributed by atoms with E-state index < -0.39 is 0 Å². The molecule has 5 rings (SSSR count). The molecule has 33 heavy (non-hydrogen) atoms. The van der Waals surface area contributed by atoms with E-state index in [4.69, 9.17) is 0 Å². The molecule has 1 aliphatic carbocycles. The molecular formula is C26H33FN4O2. The van der Waals surface area contributed by atoms with Gasteiger partial charge in [0, 0.05) is 31.6 Å². The molecule has 0 radical (unpaired) electrons. The smallest absolute Gasteiger partial charge is 0.240 e. The van der Waals surface area contributed by atoms with Crippen LogP contribution >= 0.6 is 0 Å². The van der Waals surface area contributed by atoms with E-state index in [-0.39, 0.29) is 47.7 Å². The van der Waals surface area contributed by atoms with E-state index >= 15 is 0 Å². The Hall–Kier alpha value is -2.46. The number of piperazine rings is 1. The normalized spacial score (nSPS) is 29.6. The Balaban J connectivity index is 1.29. The number of hydrogen-bond donors (Lipinski definition) is 0. The lowest BCUT2D eigenvalue weighted by molar-refractivity contribution is -0.143. The van der Waals surface area contributed by atoms with Gasteiger partial charge in [0.15, 0.2) is 0 Å². The highest BCUT2D eigenvalue weighted by Gasteiger charge is 2.53. The number of likely N-dealkylation sites (tertiary alicyclic amines) is 3. The summed E-state index contributed by atoms with van der Waals surface area (Å²) < 4.78 is 13.6. The van der Waals surface area contributed by atoms with Crippen LogP contribution in [0.2, 0.25) is 0 Å². The van der Waals surface area contributed by atoms with Crippen LogP contribution in [0.4, 0.5) is 4.39 Å². The predicted molar refractivity (Wildman–Crippen MR) is 121 cm³/mol. The highest BCUT2D eigenvalue weighted by atomic mass is 19.1. The quantitative estimate of drug-likeness (QED) is 0.663. The maximum Gasteiger partial charge on any atom is 0.240 e. The van der Waals surface area contributed by atoms with Crippen LogP contribution in [0.1, 0.15) is 63.5 Å². The van der Waals surface area contributed by atoms with E-state index in [1.54, 1.807) is 4.90 Å². The zero-order valence-corrected chi connectivity index (χ0v) is 19.3. The number of carbonyl (C=O) groups excluding carboxylic acids is 2. The average molecular weight is 453 g/mol. The summed E-state index contributed by atoms with van der Waals surface area (Å²) in [4.78, 5) is 32.6. The van der Waals surface area contributed by atoms with Crippen LogP contribution < -0.4 is 0 Å². The van der Waals surface area contributed by atoms with Crippen molar-refractivity contribution in [3.05, 3.63) is 35.6 Å². The maximum atomic E-state index is 13.6. The second kappa shape index (κ2) is 9.06. The molecule has 1 aromatic rings. The number of benzene rings is 1. The summed E-state index contributed by atoms with van der Waals surface area (Å²) in [5, 5.41) is 9.33. The van der Waals surface area contributed by atoms with Crippen molar-refractivity contribution < 1.29 is 14.0 Å². The van der Waals surface area contributed by atoms with E-state index in [1.807, 2.05) is 19.1 Å². The highest BCUT2D eigenvalue weighted by Crippen LogP contribution is 2.46.